The summed E-state index contributed by atoms with van der Waals surface area (Å²) < 4.78 is 21.3. The number of ether oxygens (including phenoxy) is 4. The quantitative estimate of drug-likeness (QED) is 0.258. The summed E-state index contributed by atoms with van der Waals surface area (Å²) in [6, 6.07) is 0. The van der Waals surface area contributed by atoms with Gasteiger partial charge < -0.3 is 44.5 Å². The van der Waals surface area contributed by atoms with E-state index in [-0.39, 0.29) is 12.5 Å². The molecule has 3 aliphatic rings. The van der Waals surface area contributed by atoms with Crippen molar-refractivity contribution in [1.29, 1.82) is 0 Å². The fourth-order valence-electron chi connectivity index (χ4n) is 3.73. The summed E-state index contributed by atoms with van der Waals surface area (Å²) in [4.78, 5) is 12.0. The Labute approximate surface area is 155 Å². The summed E-state index contributed by atoms with van der Waals surface area (Å²) in [6.07, 6.45) is -4.73. The molecule has 5 N–H and O–H groups in total. The molecule has 0 aromatic heterocycles. The lowest BCUT2D eigenvalue weighted by Gasteiger charge is -2.42. The van der Waals surface area contributed by atoms with Crippen LogP contribution in [0.25, 0.3) is 0 Å². The molecular weight excluding hydrogens is 364 g/mol. The average Bonchev–Trinajstić information content (AvgIpc) is 3.12. The van der Waals surface area contributed by atoms with E-state index in [4.69, 9.17) is 18.9 Å². The van der Waals surface area contributed by atoms with E-state index < -0.39 is 55.5 Å². The zero-order chi connectivity index (χ0) is 19.7. The molecule has 0 aromatic rings. The van der Waals surface area contributed by atoms with E-state index in [2.05, 4.69) is 0 Å². The molecule has 0 bridgehead atoms. The number of carbonyl (C=O) groups is 1. The molecule has 2 heterocycles. The van der Waals surface area contributed by atoms with E-state index in [1.165, 1.54) is 13.4 Å². The molecule has 3 rings (SSSR count). The zero-order valence-corrected chi connectivity index (χ0v) is 14.7. The number of methoxy groups -OCH3 is 1. The van der Waals surface area contributed by atoms with Gasteiger partial charge in [0.2, 0.25) is 6.29 Å². The van der Waals surface area contributed by atoms with Crippen LogP contribution in [0.15, 0.2) is 23.5 Å². The third kappa shape index (κ3) is 3.61. The number of carbonyl (C=O) groups excluding carboxylic acids is 1. The molecule has 8 atom stereocenters. The van der Waals surface area contributed by atoms with Gasteiger partial charge in [0, 0.05) is 5.92 Å². The Morgan fingerprint density at radius 1 is 1.19 bits per heavy atom. The molecule has 0 aromatic carbocycles. The van der Waals surface area contributed by atoms with Gasteiger partial charge >= 0.3 is 5.97 Å². The summed E-state index contributed by atoms with van der Waals surface area (Å²) >= 11 is 0. The highest BCUT2D eigenvalue weighted by Crippen LogP contribution is 2.44. The van der Waals surface area contributed by atoms with E-state index in [0.29, 0.717) is 17.6 Å². The largest absolute Gasteiger partial charge is 0.471 e. The molecule has 0 amide bonds. The van der Waals surface area contributed by atoms with Crippen LogP contribution in [-0.2, 0) is 23.7 Å². The van der Waals surface area contributed by atoms with Gasteiger partial charge in [-0.25, -0.2) is 4.79 Å². The predicted molar refractivity (Wildman–Crippen MR) is 86.6 cm³/mol. The molecule has 152 valence electrons. The fourth-order valence-corrected chi connectivity index (χ4v) is 3.73. The van der Waals surface area contributed by atoms with Crippen LogP contribution in [0, 0.1) is 11.8 Å². The van der Waals surface area contributed by atoms with Crippen molar-refractivity contribution in [2.75, 3.05) is 20.3 Å². The minimum Gasteiger partial charge on any atom is -0.471 e. The van der Waals surface area contributed by atoms with Crippen molar-refractivity contribution in [2.24, 2.45) is 11.8 Å². The lowest BCUT2D eigenvalue weighted by atomic mass is 9.83. The van der Waals surface area contributed by atoms with E-state index in [9.17, 15) is 30.3 Å². The highest BCUT2D eigenvalue weighted by Gasteiger charge is 2.49. The van der Waals surface area contributed by atoms with Crippen molar-refractivity contribution in [3.63, 3.8) is 0 Å². The maximum absolute atomic E-state index is 12.0. The predicted octanol–water partition coefficient (Wildman–Crippen LogP) is -2.23. The van der Waals surface area contributed by atoms with Crippen LogP contribution >= 0.6 is 0 Å². The van der Waals surface area contributed by atoms with Gasteiger partial charge in [-0.1, -0.05) is 6.08 Å². The molecule has 1 aliphatic carbocycles. The Balaban J connectivity index is 1.80. The Morgan fingerprint density at radius 3 is 2.56 bits per heavy atom. The lowest BCUT2D eigenvalue weighted by molar-refractivity contribution is -0.339. The average molecular weight is 388 g/mol. The number of fused-ring (bicyclic) bond motifs is 1. The van der Waals surface area contributed by atoms with Crippen LogP contribution in [-0.4, -0.2) is 88.8 Å². The van der Waals surface area contributed by atoms with Crippen LogP contribution in [0.4, 0.5) is 0 Å². The number of rotatable bonds is 5. The first-order valence-electron chi connectivity index (χ1n) is 8.62. The second-order valence-electron chi connectivity index (χ2n) is 6.71. The summed E-state index contributed by atoms with van der Waals surface area (Å²) in [7, 11) is 1.25. The Bertz CT molecular complexity index is 615. The van der Waals surface area contributed by atoms with Crippen molar-refractivity contribution in [3.8, 4) is 0 Å². The van der Waals surface area contributed by atoms with E-state index in [0.717, 1.165) is 0 Å². The minimum absolute atomic E-state index is 0.270. The van der Waals surface area contributed by atoms with Crippen LogP contribution in [0.2, 0.25) is 0 Å². The van der Waals surface area contributed by atoms with E-state index in [1.54, 1.807) is 6.08 Å². The number of allylic oxidation sites excluding steroid dienone is 1. The smallest absolute Gasteiger partial charge is 0.337 e. The second kappa shape index (κ2) is 8.23. The SMILES string of the molecule is COC(=O)C1=CO[C@@H](O[C@@H]2O[C@@H](CO)[C@@H](O)[C@@H](O)[C@H]2O)[C@@H]2C(CO)=CC[C@H]12. The topological polar surface area (TPSA) is 155 Å². The monoisotopic (exact) mass is 388 g/mol. The molecule has 0 saturated carbocycles. The van der Waals surface area contributed by atoms with Gasteiger partial charge in [0.05, 0.1) is 38.1 Å². The molecule has 0 unspecified atom stereocenters. The van der Waals surface area contributed by atoms with Crippen LogP contribution < -0.4 is 0 Å². The highest BCUT2D eigenvalue weighted by molar-refractivity contribution is 5.89. The summed E-state index contributed by atoms with van der Waals surface area (Å²) in [6.45, 7) is -0.857. The van der Waals surface area contributed by atoms with Crippen molar-refractivity contribution < 1.29 is 49.3 Å². The van der Waals surface area contributed by atoms with Crippen LogP contribution in [0.5, 0.6) is 0 Å². The Kier molecular flexibility index (Phi) is 6.16. The third-order valence-electron chi connectivity index (χ3n) is 5.24. The van der Waals surface area contributed by atoms with Gasteiger partial charge in [0.15, 0.2) is 6.29 Å². The van der Waals surface area contributed by atoms with Crippen molar-refractivity contribution in [1.82, 2.24) is 0 Å². The molecule has 1 fully saturated rings. The standard InChI is InChI=1S/C17H24O10/c1-24-15(23)9-6-25-16(11-7(4-18)2-3-8(9)11)27-17-14(22)13(21)12(20)10(5-19)26-17/h2,6,8,10-14,16-22H,3-5H2,1H3/t8-,10+,11-,12-,13-,14-,16+,17+/m1/s1. The first-order valence-corrected chi connectivity index (χ1v) is 8.62. The van der Waals surface area contributed by atoms with Gasteiger partial charge in [0.1, 0.15) is 24.4 Å². The molecule has 10 heteroatoms. The van der Waals surface area contributed by atoms with Gasteiger partial charge in [-0.3, -0.25) is 0 Å². The first kappa shape index (κ1) is 20.2. The molecule has 0 spiro atoms. The lowest BCUT2D eigenvalue weighted by Crippen LogP contribution is -2.60. The third-order valence-corrected chi connectivity index (χ3v) is 5.24. The van der Waals surface area contributed by atoms with Crippen LogP contribution in [0.3, 0.4) is 0 Å². The molecule has 1 saturated heterocycles. The highest BCUT2D eigenvalue weighted by atomic mass is 16.8. The van der Waals surface area contributed by atoms with Gasteiger partial charge in [-0.15, -0.1) is 0 Å². The number of esters is 1. The number of aliphatic hydroxyl groups is 5. The van der Waals surface area contributed by atoms with Crippen molar-refractivity contribution in [2.45, 2.75) is 43.4 Å². The van der Waals surface area contributed by atoms with Gasteiger partial charge in [-0.05, 0) is 12.0 Å². The first-order chi connectivity index (χ1) is 12.9. The molecule has 0 radical (unpaired) electrons. The summed E-state index contributed by atoms with van der Waals surface area (Å²) in [5.41, 5.74) is 0.903. The molecule has 10 nitrogen and oxygen atoms in total. The van der Waals surface area contributed by atoms with Gasteiger partial charge in [-0.2, -0.15) is 0 Å². The maximum atomic E-state index is 12.0. The van der Waals surface area contributed by atoms with Crippen molar-refractivity contribution >= 4 is 5.97 Å². The second-order valence-corrected chi connectivity index (χ2v) is 6.71. The Hall–Kier alpha value is -1.53. The number of aliphatic hydroxyl groups excluding tert-OH is 5. The van der Waals surface area contributed by atoms with Crippen molar-refractivity contribution in [3.05, 3.63) is 23.5 Å². The van der Waals surface area contributed by atoms with E-state index in [1.807, 2.05) is 0 Å². The Morgan fingerprint density at radius 2 is 1.93 bits per heavy atom. The number of hydrogen-bond acceptors (Lipinski definition) is 10. The maximum Gasteiger partial charge on any atom is 0.337 e. The molecule has 27 heavy (non-hydrogen) atoms. The van der Waals surface area contributed by atoms with E-state index >= 15 is 0 Å². The normalized spacial score (nSPS) is 41.3. The van der Waals surface area contributed by atoms with Gasteiger partial charge in [0.25, 0.3) is 0 Å². The fraction of sp³-hybridized carbons (Fsp3) is 0.706. The number of hydrogen-bond donors (Lipinski definition) is 5. The zero-order valence-electron chi connectivity index (χ0n) is 14.7. The minimum atomic E-state index is -1.59. The summed E-state index contributed by atoms with van der Waals surface area (Å²) in [5.74, 6) is -1.42. The summed E-state index contributed by atoms with van der Waals surface area (Å²) in [5, 5.41) is 48.8. The molecule has 2 aliphatic heterocycles. The van der Waals surface area contributed by atoms with Crippen LogP contribution in [0.1, 0.15) is 6.42 Å². The molecular formula is C17H24O10.